The third kappa shape index (κ3) is 8.97. The van der Waals surface area contributed by atoms with Crippen LogP contribution < -0.4 is 20.2 Å². The van der Waals surface area contributed by atoms with Crippen LogP contribution in [0.25, 0.3) is 0 Å². The topological polar surface area (TPSA) is 208 Å². The second-order valence-corrected chi connectivity index (χ2v) is 14.4. The number of carbonyl (C=O) groups is 6. The number of aromatic nitrogens is 3. The number of ether oxygens (including phenoxy) is 2. The van der Waals surface area contributed by atoms with Crippen molar-refractivity contribution in [2.75, 3.05) is 46.3 Å². The molecular weight excluding hydrogens is 741 g/mol. The summed E-state index contributed by atoms with van der Waals surface area (Å²) in [6, 6.07) is 5.56. The van der Waals surface area contributed by atoms with E-state index in [1.165, 1.54) is 48.3 Å². The van der Waals surface area contributed by atoms with E-state index in [1.54, 1.807) is 71.0 Å². The Kier molecular flexibility index (Phi) is 12.5. The number of thiazole rings is 1. The summed E-state index contributed by atoms with van der Waals surface area (Å²) < 4.78 is 13.8. The van der Waals surface area contributed by atoms with Gasteiger partial charge >= 0.3 is 11.9 Å². The lowest BCUT2D eigenvalue weighted by molar-refractivity contribution is -0.727. The van der Waals surface area contributed by atoms with Crippen molar-refractivity contribution >= 4 is 69.4 Å². The summed E-state index contributed by atoms with van der Waals surface area (Å²) >= 11 is 2.42. The van der Waals surface area contributed by atoms with Gasteiger partial charge in [-0.05, 0) is 17.7 Å². The van der Waals surface area contributed by atoms with Gasteiger partial charge in [0, 0.05) is 56.7 Å². The van der Waals surface area contributed by atoms with Crippen LogP contribution in [-0.2, 0) is 47.0 Å². The molecule has 5 rings (SSSR count). The Labute approximate surface area is 318 Å². The summed E-state index contributed by atoms with van der Waals surface area (Å²) in [6.45, 7) is 2.69. The van der Waals surface area contributed by atoms with Gasteiger partial charge in [-0.3, -0.25) is 19.2 Å². The maximum Gasteiger partial charge on any atom is 0.351 e. The molecule has 17 nitrogen and oxygen atoms in total. The van der Waals surface area contributed by atoms with E-state index in [4.69, 9.17) is 20.0 Å². The zero-order valence-electron chi connectivity index (χ0n) is 29.8. The van der Waals surface area contributed by atoms with Gasteiger partial charge in [0.05, 0.1) is 11.5 Å². The minimum atomic E-state index is -0.997. The minimum absolute atomic E-state index is 0.0490. The zero-order chi connectivity index (χ0) is 39.1. The van der Waals surface area contributed by atoms with Crippen LogP contribution in [-0.4, -0.2) is 108 Å². The van der Waals surface area contributed by atoms with Crippen LogP contribution in [0.1, 0.15) is 26.4 Å². The SMILES string of the molecule is C=CC1=C(C(=O)OC[n+]2cccc(C(=O)N(C)C)c2)C2C(=O)[C@@H](NC(=O)C(=NOCC(=O)OC[n+]3cccc(C(=O)N(C)C)c3)c3csc(N)n3)[C@H]2SC1. The lowest BCUT2D eigenvalue weighted by Gasteiger charge is -2.46. The Hall–Kier alpha value is -5.95. The number of nitrogen functional groups attached to an aromatic ring is 1. The van der Waals surface area contributed by atoms with Crippen molar-refractivity contribution in [3.63, 3.8) is 0 Å². The van der Waals surface area contributed by atoms with E-state index >= 15 is 0 Å². The number of amides is 3. The number of nitrogens with zero attached hydrogens (tertiary/aromatic N) is 6. The fraction of sp³-hybridized carbons (Fsp3) is 0.314. The van der Waals surface area contributed by atoms with Crippen molar-refractivity contribution < 1.29 is 52.2 Å². The molecule has 0 aromatic carbocycles. The van der Waals surface area contributed by atoms with Crippen molar-refractivity contribution in [3.8, 4) is 0 Å². The highest BCUT2D eigenvalue weighted by atomic mass is 32.2. The number of pyridine rings is 2. The standard InChI is InChI=1S/C35H37N8O9S2/c1-6-20-16-53-30-26(25(20)34(49)51-19-43-12-8-10-22(14-43)33(48)41(4)5)29(45)28(30)38-31(46)27(23-17-54-35(36)37-23)39-52-15-24(44)50-18-42-11-7-9-21(13-42)32(47)40(2)3/h6-14,17,26,28,30H,1,15-16,18-19H2,2-5H3,(H2-,36,37,38,46)/q+1/p+1/t26?,28-,30+/m1/s1. The predicted molar refractivity (Wildman–Crippen MR) is 194 cm³/mol. The number of Topliss-reactive ketones (excluding diaryl/α,β-unsaturated/α-hetero) is 1. The summed E-state index contributed by atoms with van der Waals surface area (Å²) in [4.78, 5) is 89.7. The molecular formula is C35H38N8O9S2+2. The fourth-order valence-electron chi connectivity index (χ4n) is 5.47. The Morgan fingerprint density at radius 2 is 1.63 bits per heavy atom. The molecule has 54 heavy (non-hydrogen) atoms. The summed E-state index contributed by atoms with van der Waals surface area (Å²) in [5.41, 5.74) is 6.99. The molecule has 0 spiro atoms. The molecule has 0 saturated heterocycles. The quantitative estimate of drug-likeness (QED) is 0.0968. The number of hydrogen-bond donors (Lipinski definition) is 2. The van der Waals surface area contributed by atoms with Crippen molar-refractivity contribution in [2.45, 2.75) is 24.8 Å². The maximum absolute atomic E-state index is 13.6. The molecule has 1 fully saturated rings. The summed E-state index contributed by atoms with van der Waals surface area (Å²) in [5, 5.41) is 7.60. The highest BCUT2D eigenvalue weighted by Crippen LogP contribution is 2.46. The number of allylic oxidation sites excluding steroid dienone is 1. The lowest BCUT2D eigenvalue weighted by atomic mass is 9.71. The van der Waals surface area contributed by atoms with Crippen molar-refractivity contribution in [3.05, 3.63) is 95.1 Å². The molecule has 3 N–H and O–H groups in total. The van der Waals surface area contributed by atoms with Gasteiger partial charge in [0.1, 0.15) is 22.9 Å². The lowest BCUT2D eigenvalue weighted by Crippen LogP contribution is -2.66. The van der Waals surface area contributed by atoms with Crippen LogP contribution in [0.4, 0.5) is 5.13 Å². The van der Waals surface area contributed by atoms with E-state index in [0.29, 0.717) is 22.5 Å². The zero-order valence-corrected chi connectivity index (χ0v) is 31.4. The largest absolute Gasteiger partial charge is 0.402 e. The van der Waals surface area contributed by atoms with Crippen molar-refractivity contribution in [2.24, 2.45) is 11.1 Å². The average Bonchev–Trinajstić information content (AvgIpc) is 3.60. The molecule has 3 atom stereocenters. The Balaban J connectivity index is 1.22. The summed E-state index contributed by atoms with van der Waals surface area (Å²) in [5.74, 6) is -3.77. The Bertz CT molecular complexity index is 2060. The van der Waals surface area contributed by atoms with Crippen LogP contribution in [0.15, 0.2) is 83.4 Å². The maximum atomic E-state index is 13.6. The fourth-order valence-corrected chi connectivity index (χ4v) is 7.52. The second-order valence-electron chi connectivity index (χ2n) is 12.4. The average molecular weight is 779 g/mol. The van der Waals surface area contributed by atoms with E-state index in [2.05, 4.69) is 22.0 Å². The van der Waals surface area contributed by atoms with E-state index in [-0.39, 0.29) is 47.4 Å². The van der Waals surface area contributed by atoms with Crippen molar-refractivity contribution in [1.82, 2.24) is 20.1 Å². The van der Waals surface area contributed by atoms with E-state index in [1.807, 2.05) is 0 Å². The van der Waals surface area contributed by atoms with Crippen LogP contribution in [0.2, 0.25) is 0 Å². The van der Waals surface area contributed by atoms with Crippen LogP contribution in [0.5, 0.6) is 0 Å². The molecule has 3 amide bonds. The number of thioether (sulfide) groups is 1. The van der Waals surface area contributed by atoms with Crippen LogP contribution in [0.3, 0.4) is 0 Å². The smallest absolute Gasteiger partial charge is 0.351 e. The first-order chi connectivity index (χ1) is 25.8. The number of esters is 2. The normalized spacial score (nSPS) is 17.7. The third-order valence-corrected chi connectivity index (χ3v) is 10.3. The van der Waals surface area contributed by atoms with E-state index in [0.717, 1.165) is 11.3 Å². The van der Waals surface area contributed by atoms with E-state index in [9.17, 15) is 28.8 Å². The molecule has 1 unspecified atom stereocenters. The molecule has 19 heteroatoms. The molecule has 3 aromatic heterocycles. The molecule has 1 aliphatic heterocycles. The number of rotatable bonds is 14. The molecule has 0 bridgehead atoms. The highest BCUT2D eigenvalue weighted by Gasteiger charge is 2.56. The molecule has 2 aliphatic rings. The minimum Gasteiger partial charge on any atom is -0.402 e. The van der Waals surface area contributed by atoms with E-state index < -0.39 is 47.4 Å². The third-order valence-electron chi connectivity index (χ3n) is 8.17. The first-order valence-electron chi connectivity index (χ1n) is 16.3. The number of oxime groups is 1. The molecule has 1 saturated carbocycles. The van der Waals surface area contributed by atoms with Gasteiger partial charge in [-0.1, -0.05) is 17.8 Å². The summed E-state index contributed by atoms with van der Waals surface area (Å²) in [7, 11) is 6.49. The Morgan fingerprint density at radius 3 is 2.19 bits per heavy atom. The summed E-state index contributed by atoms with van der Waals surface area (Å²) in [6.07, 6.45) is 7.83. The molecule has 4 heterocycles. The van der Waals surface area contributed by atoms with Gasteiger partial charge in [-0.2, -0.15) is 20.9 Å². The first kappa shape index (κ1) is 39.3. The number of nitrogens with two attached hydrogens (primary N) is 1. The molecule has 282 valence electrons. The van der Waals surface area contributed by atoms with Gasteiger partial charge in [0.2, 0.25) is 6.61 Å². The molecule has 3 aromatic rings. The number of hydrogen-bond acceptors (Lipinski definition) is 14. The Morgan fingerprint density at radius 1 is 1.02 bits per heavy atom. The number of nitrogens with one attached hydrogen (secondary N) is 1. The van der Waals surface area contributed by atoms with Crippen LogP contribution >= 0.6 is 23.1 Å². The van der Waals surface area contributed by atoms with Crippen LogP contribution in [0, 0.1) is 5.92 Å². The van der Waals surface area contributed by atoms with Crippen molar-refractivity contribution in [1.29, 1.82) is 0 Å². The second kappa shape index (κ2) is 17.3. The number of anilines is 1. The van der Waals surface area contributed by atoms with Gasteiger partial charge in [-0.15, -0.1) is 11.3 Å². The molecule has 0 radical (unpaired) electrons. The van der Waals surface area contributed by atoms with Gasteiger partial charge in [0.15, 0.2) is 41.4 Å². The number of ketones is 1. The van der Waals surface area contributed by atoms with Gasteiger partial charge < -0.3 is 35.2 Å². The highest BCUT2D eigenvalue weighted by molar-refractivity contribution is 8.00. The molecule has 1 aliphatic carbocycles. The first-order valence-corrected chi connectivity index (χ1v) is 18.2. The van der Waals surface area contributed by atoms with Gasteiger partial charge in [0.25, 0.3) is 31.2 Å². The number of fused-ring (bicyclic) bond motifs is 1. The predicted octanol–water partition coefficient (Wildman–Crippen LogP) is 0.108. The number of carbonyl (C=O) groups excluding carboxylic acids is 6. The monoisotopic (exact) mass is 778 g/mol. The van der Waals surface area contributed by atoms with Gasteiger partial charge in [-0.25, -0.2) is 14.6 Å².